The number of aliphatic hydroxyl groups is 2. The third-order valence-electron chi connectivity index (χ3n) is 9.69. The van der Waals surface area contributed by atoms with E-state index in [4.69, 9.17) is 24.3 Å². The van der Waals surface area contributed by atoms with Crippen LogP contribution in [0.1, 0.15) is 206 Å². The summed E-state index contributed by atoms with van der Waals surface area (Å²) >= 11 is 0. The highest BCUT2D eigenvalue weighted by Gasteiger charge is 2.26. The van der Waals surface area contributed by atoms with E-state index in [0.29, 0.717) is 19.3 Å². The maximum atomic E-state index is 12.6. The predicted octanol–water partition coefficient (Wildman–Crippen LogP) is 10.00. The van der Waals surface area contributed by atoms with Crippen molar-refractivity contribution in [2.45, 2.75) is 225 Å². The Morgan fingerprint density at radius 2 is 0.925 bits per heavy atom. The number of ether oxygens (including phenoxy) is 2. The van der Waals surface area contributed by atoms with E-state index >= 15 is 0 Å². The molecule has 0 radical (unpaired) electrons. The molecule has 4 unspecified atom stereocenters. The molecule has 11 nitrogen and oxygen atoms in total. The van der Waals surface area contributed by atoms with Crippen molar-refractivity contribution >= 4 is 19.8 Å². The van der Waals surface area contributed by atoms with Crippen molar-refractivity contribution in [3.8, 4) is 0 Å². The van der Waals surface area contributed by atoms with Crippen molar-refractivity contribution in [1.82, 2.24) is 0 Å². The van der Waals surface area contributed by atoms with Gasteiger partial charge in [0.1, 0.15) is 6.61 Å². The van der Waals surface area contributed by atoms with Gasteiger partial charge in [-0.25, -0.2) is 4.57 Å². The summed E-state index contributed by atoms with van der Waals surface area (Å²) in [6, 6.07) is 0. The maximum Gasteiger partial charge on any atom is 0.472 e. The highest BCUT2D eigenvalue weighted by atomic mass is 31.2. The molecule has 53 heavy (non-hydrogen) atoms. The van der Waals surface area contributed by atoms with E-state index in [1.165, 1.54) is 77.0 Å². The summed E-state index contributed by atoms with van der Waals surface area (Å²) in [6.45, 7) is 3.54. The van der Waals surface area contributed by atoms with E-state index in [0.717, 1.165) is 83.5 Å². The number of esters is 2. The summed E-state index contributed by atoms with van der Waals surface area (Å²) in [5, 5.41) is 20.3. The molecule has 0 aliphatic carbocycles. The van der Waals surface area contributed by atoms with Crippen LogP contribution in [0.5, 0.6) is 0 Å². The van der Waals surface area contributed by atoms with Crippen LogP contribution in [0.25, 0.3) is 0 Å². The van der Waals surface area contributed by atoms with E-state index in [2.05, 4.69) is 13.8 Å². The molecule has 0 heterocycles. The Labute approximate surface area is 323 Å². The van der Waals surface area contributed by atoms with Gasteiger partial charge in [-0.2, -0.15) is 0 Å². The Morgan fingerprint density at radius 3 is 1.36 bits per heavy atom. The van der Waals surface area contributed by atoms with Crippen molar-refractivity contribution in [2.24, 2.45) is 5.73 Å². The lowest BCUT2D eigenvalue weighted by molar-refractivity contribution is -0.161. The molecule has 0 fully saturated rings. The van der Waals surface area contributed by atoms with Crippen molar-refractivity contribution < 1.29 is 47.8 Å². The number of carbonyl (C=O) groups is 2. The number of phosphoric ester groups is 1. The molecule has 0 aliphatic rings. The second kappa shape index (κ2) is 37.8. The smallest absolute Gasteiger partial charge is 0.462 e. The van der Waals surface area contributed by atoms with Crippen LogP contribution in [0, 0.1) is 0 Å². The monoisotopic (exact) mass is 780 g/mol. The van der Waals surface area contributed by atoms with Crippen LogP contribution in [-0.2, 0) is 32.7 Å². The Bertz CT molecular complexity index is 880. The van der Waals surface area contributed by atoms with Gasteiger partial charge in [0.15, 0.2) is 6.10 Å². The number of carbonyl (C=O) groups excluding carboxylic acids is 2. The third-order valence-corrected chi connectivity index (χ3v) is 10.7. The molecule has 0 aliphatic heterocycles. The molecule has 0 saturated carbocycles. The zero-order valence-corrected chi connectivity index (χ0v) is 34.9. The quantitative estimate of drug-likeness (QED) is 0.0264. The zero-order chi connectivity index (χ0) is 39.3. The highest BCUT2D eigenvalue weighted by molar-refractivity contribution is 7.47. The van der Waals surface area contributed by atoms with E-state index in [-0.39, 0.29) is 32.6 Å². The molecule has 0 rings (SSSR count). The van der Waals surface area contributed by atoms with Gasteiger partial charge >= 0.3 is 19.8 Å². The lowest BCUT2D eigenvalue weighted by Gasteiger charge is -2.20. The predicted molar refractivity (Wildman–Crippen MR) is 213 cm³/mol. The van der Waals surface area contributed by atoms with Gasteiger partial charge in [-0.1, -0.05) is 168 Å². The Kier molecular flexibility index (Phi) is 37.1. The number of unbranched alkanes of at least 4 members (excludes halogenated alkanes) is 23. The van der Waals surface area contributed by atoms with E-state index in [1.54, 1.807) is 0 Å². The number of rotatable bonds is 41. The average molecular weight is 780 g/mol. The largest absolute Gasteiger partial charge is 0.472 e. The molecule has 0 aromatic carbocycles. The van der Waals surface area contributed by atoms with Crippen LogP contribution in [-0.4, -0.2) is 71.7 Å². The second-order valence-electron chi connectivity index (χ2n) is 14.9. The first-order valence-corrected chi connectivity index (χ1v) is 23.2. The molecule has 12 heteroatoms. The van der Waals surface area contributed by atoms with Crippen LogP contribution in [0.15, 0.2) is 0 Å². The molecule has 0 amide bonds. The molecule has 0 aromatic heterocycles. The Hall–Kier alpha value is -1.07. The second-order valence-corrected chi connectivity index (χ2v) is 16.3. The topological polar surface area (TPSA) is 175 Å². The maximum absolute atomic E-state index is 12.6. The van der Waals surface area contributed by atoms with Gasteiger partial charge in [0.25, 0.3) is 0 Å². The summed E-state index contributed by atoms with van der Waals surface area (Å²) in [5.41, 5.74) is 5.34. The first-order chi connectivity index (χ1) is 25.6. The van der Waals surface area contributed by atoms with Crippen molar-refractivity contribution in [3.05, 3.63) is 0 Å². The van der Waals surface area contributed by atoms with Gasteiger partial charge in [0.05, 0.1) is 25.4 Å². The molecular weight excluding hydrogens is 697 g/mol. The van der Waals surface area contributed by atoms with Crippen molar-refractivity contribution in [3.63, 3.8) is 0 Å². The van der Waals surface area contributed by atoms with Crippen LogP contribution < -0.4 is 5.73 Å². The third kappa shape index (κ3) is 36.3. The molecule has 0 bridgehead atoms. The summed E-state index contributed by atoms with van der Waals surface area (Å²) in [4.78, 5) is 34.8. The molecule has 4 atom stereocenters. The molecule has 0 saturated heterocycles. The molecule has 5 N–H and O–H groups in total. The minimum atomic E-state index is -4.40. The number of hydrogen-bond donors (Lipinski definition) is 4. The fourth-order valence-electron chi connectivity index (χ4n) is 6.31. The molecule has 316 valence electrons. The van der Waals surface area contributed by atoms with Gasteiger partial charge in [0, 0.05) is 19.4 Å². The summed E-state index contributed by atoms with van der Waals surface area (Å²) < 4.78 is 32.7. The summed E-state index contributed by atoms with van der Waals surface area (Å²) in [6.07, 6.45) is 28.7. The SMILES string of the molecule is CCCCCCCCCCCCCCCCCC(=O)OCC(COP(=O)(O)OCCN)OC(=O)CCCCCCCCCC(O)C(O)CCCCCC. The first kappa shape index (κ1) is 51.9. The number of nitrogens with two attached hydrogens (primary N) is 1. The van der Waals surface area contributed by atoms with Crippen molar-refractivity contribution in [2.75, 3.05) is 26.4 Å². The lowest BCUT2D eigenvalue weighted by atomic mass is 10.00. The Balaban J connectivity index is 4.20. The van der Waals surface area contributed by atoms with Crippen LogP contribution in [0.3, 0.4) is 0 Å². The lowest BCUT2D eigenvalue weighted by Crippen LogP contribution is -2.29. The van der Waals surface area contributed by atoms with Gasteiger partial charge in [-0.05, 0) is 25.7 Å². The fourth-order valence-corrected chi connectivity index (χ4v) is 7.08. The number of hydrogen-bond acceptors (Lipinski definition) is 10. The van der Waals surface area contributed by atoms with Crippen LogP contribution in [0.4, 0.5) is 0 Å². The van der Waals surface area contributed by atoms with E-state index in [1.807, 2.05) is 0 Å². The highest BCUT2D eigenvalue weighted by Crippen LogP contribution is 2.43. The van der Waals surface area contributed by atoms with E-state index < -0.39 is 44.7 Å². The van der Waals surface area contributed by atoms with Gasteiger partial charge in [-0.15, -0.1) is 0 Å². The van der Waals surface area contributed by atoms with Crippen LogP contribution >= 0.6 is 7.82 Å². The molecular formula is C41H82NO10P. The van der Waals surface area contributed by atoms with Crippen LogP contribution in [0.2, 0.25) is 0 Å². The summed E-state index contributed by atoms with van der Waals surface area (Å²) in [5.74, 6) is -0.893. The molecule has 0 spiro atoms. The molecule has 0 aromatic rings. The van der Waals surface area contributed by atoms with Gasteiger partial charge in [0.2, 0.25) is 0 Å². The average Bonchev–Trinajstić information content (AvgIpc) is 3.14. The standard InChI is InChI=1S/C41H82NO10P/c1-3-5-7-9-10-11-12-13-14-15-16-17-20-23-27-31-40(45)49-35-37(36-51-53(47,48)50-34-33-42)52-41(46)32-28-24-21-18-19-22-26-30-39(44)38(43)29-25-8-6-4-2/h37-39,43-44H,3-36,42H2,1-2H3,(H,47,48). The first-order valence-electron chi connectivity index (χ1n) is 21.7. The number of phosphoric acid groups is 1. The number of aliphatic hydroxyl groups excluding tert-OH is 2. The van der Waals surface area contributed by atoms with Gasteiger partial charge < -0.3 is 30.3 Å². The van der Waals surface area contributed by atoms with Crippen molar-refractivity contribution in [1.29, 1.82) is 0 Å². The van der Waals surface area contributed by atoms with E-state index in [9.17, 15) is 29.3 Å². The fraction of sp³-hybridized carbons (Fsp3) is 0.951. The summed E-state index contributed by atoms with van der Waals surface area (Å²) in [7, 11) is -4.40. The minimum Gasteiger partial charge on any atom is -0.462 e. The minimum absolute atomic E-state index is 0.0375. The normalized spacial score (nSPS) is 14.5. The van der Waals surface area contributed by atoms with Gasteiger partial charge in [-0.3, -0.25) is 18.6 Å². The Morgan fingerprint density at radius 1 is 0.547 bits per heavy atom. The zero-order valence-electron chi connectivity index (χ0n) is 34.0.